The van der Waals surface area contributed by atoms with Gasteiger partial charge in [0, 0.05) is 12.6 Å². The molecule has 0 fully saturated rings. The number of carbonyl (C=O) groups excluding carboxylic acids is 1. The van der Waals surface area contributed by atoms with E-state index in [0.717, 1.165) is 25.2 Å². The first-order valence-electron chi connectivity index (χ1n) is 8.80. The van der Waals surface area contributed by atoms with E-state index in [4.69, 9.17) is 9.47 Å². The highest BCUT2D eigenvalue weighted by Gasteiger charge is 2.14. The third-order valence-corrected chi connectivity index (χ3v) is 4.26. The monoisotopic (exact) mass is 353 g/mol. The Hall–Kier alpha value is -2.86. The molecule has 0 spiro atoms. The van der Waals surface area contributed by atoms with Crippen LogP contribution in [0.1, 0.15) is 24.2 Å². The van der Waals surface area contributed by atoms with E-state index in [0.29, 0.717) is 29.2 Å². The smallest absolute Gasteiger partial charge is 0.345 e. The number of rotatable bonds is 8. The van der Waals surface area contributed by atoms with Crippen molar-refractivity contribution in [2.24, 2.45) is 0 Å². The number of ether oxygens (including phenoxy) is 2. The van der Waals surface area contributed by atoms with Gasteiger partial charge >= 0.3 is 5.97 Å². The number of likely N-dealkylation sites (N-methyl/N-ethyl adjacent to an activating group) is 1. The Morgan fingerprint density at radius 3 is 2.69 bits per heavy atom. The fraction of sp³-hybridized carbons (Fsp3) is 0.300. The quantitative estimate of drug-likeness (QED) is 0.496. The normalized spacial score (nSPS) is 11.0. The van der Waals surface area contributed by atoms with Crippen molar-refractivity contribution in [2.75, 3.05) is 26.2 Å². The number of nitrogens with one attached hydrogen (secondary N) is 1. The summed E-state index contributed by atoms with van der Waals surface area (Å²) in [7, 11) is 0. The van der Waals surface area contributed by atoms with Crippen molar-refractivity contribution in [1.29, 1.82) is 0 Å². The Balaban J connectivity index is 1.65. The van der Waals surface area contributed by atoms with Crippen molar-refractivity contribution in [3.05, 3.63) is 54.4 Å². The minimum absolute atomic E-state index is 0.427. The van der Waals surface area contributed by atoms with Gasteiger partial charge in [0.2, 0.25) is 0 Å². The molecule has 3 aromatic rings. The Kier molecular flexibility index (Phi) is 5.86. The van der Waals surface area contributed by atoms with Crippen LogP contribution in [0.4, 0.5) is 0 Å². The molecular formula is C20H23N3O3. The van der Waals surface area contributed by atoms with Gasteiger partial charge in [-0.2, -0.15) is 0 Å². The van der Waals surface area contributed by atoms with Crippen LogP contribution in [0.25, 0.3) is 11.0 Å². The highest BCUT2D eigenvalue weighted by Crippen LogP contribution is 2.22. The number of hydrogen-bond acceptors (Lipinski definition) is 5. The standard InChI is InChI=1S/C20H23N3O3/c1-3-23(4-2)11-12-25-15-7-5-8-16(13-15)26-20(24)17-9-6-10-18-19(17)22-14-21-18/h5-10,13-14H,3-4,11-12H2,1-2H3,(H,21,22). The number of aromatic amines is 1. The number of imidazole rings is 1. The van der Waals surface area contributed by atoms with Crippen LogP contribution in [0.5, 0.6) is 11.5 Å². The van der Waals surface area contributed by atoms with E-state index in [-0.39, 0.29) is 0 Å². The second kappa shape index (κ2) is 8.49. The van der Waals surface area contributed by atoms with Gasteiger partial charge in [0.15, 0.2) is 0 Å². The van der Waals surface area contributed by atoms with Crippen molar-refractivity contribution >= 4 is 17.0 Å². The summed E-state index contributed by atoms with van der Waals surface area (Å²) in [5, 5.41) is 0. The second-order valence-corrected chi connectivity index (χ2v) is 5.84. The summed E-state index contributed by atoms with van der Waals surface area (Å²) in [6.45, 7) is 7.70. The van der Waals surface area contributed by atoms with Gasteiger partial charge in [-0.05, 0) is 37.4 Å². The molecule has 0 saturated carbocycles. The number of aromatic nitrogens is 2. The van der Waals surface area contributed by atoms with E-state index < -0.39 is 5.97 Å². The average Bonchev–Trinajstić information content (AvgIpc) is 3.14. The minimum atomic E-state index is -0.442. The average molecular weight is 353 g/mol. The Labute approximate surface area is 152 Å². The summed E-state index contributed by atoms with van der Waals surface area (Å²) in [6, 6.07) is 12.5. The molecule has 1 N–H and O–H groups in total. The first kappa shape index (κ1) is 17.9. The number of benzene rings is 2. The molecule has 136 valence electrons. The van der Waals surface area contributed by atoms with Crippen LogP contribution in [0.2, 0.25) is 0 Å². The molecule has 6 heteroatoms. The molecule has 1 heterocycles. The zero-order chi connectivity index (χ0) is 18.4. The lowest BCUT2D eigenvalue weighted by Crippen LogP contribution is -2.27. The maximum Gasteiger partial charge on any atom is 0.345 e. The molecule has 0 bridgehead atoms. The van der Waals surface area contributed by atoms with Crippen molar-refractivity contribution in [3.63, 3.8) is 0 Å². The molecule has 26 heavy (non-hydrogen) atoms. The van der Waals surface area contributed by atoms with Crippen molar-refractivity contribution in [1.82, 2.24) is 14.9 Å². The number of hydrogen-bond donors (Lipinski definition) is 1. The molecule has 2 aromatic carbocycles. The summed E-state index contributed by atoms with van der Waals surface area (Å²) in [4.78, 5) is 22.0. The fourth-order valence-electron chi connectivity index (χ4n) is 2.75. The van der Waals surface area contributed by atoms with Gasteiger partial charge in [0.25, 0.3) is 0 Å². The van der Waals surface area contributed by atoms with Crippen LogP contribution in [0.15, 0.2) is 48.8 Å². The molecular weight excluding hydrogens is 330 g/mol. The number of esters is 1. The third kappa shape index (κ3) is 4.21. The van der Waals surface area contributed by atoms with Crippen molar-refractivity contribution in [2.45, 2.75) is 13.8 Å². The zero-order valence-corrected chi connectivity index (χ0v) is 15.1. The number of carbonyl (C=O) groups is 1. The topological polar surface area (TPSA) is 67.5 Å². The lowest BCUT2D eigenvalue weighted by Gasteiger charge is -2.18. The van der Waals surface area contributed by atoms with Gasteiger partial charge < -0.3 is 19.4 Å². The summed E-state index contributed by atoms with van der Waals surface area (Å²) < 4.78 is 11.3. The first-order valence-corrected chi connectivity index (χ1v) is 8.80. The van der Waals surface area contributed by atoms with Crippen molar-refractivity contribution in [3.8, 4) is 11.5 Å². The van der Waals surface area contributed by atoms with Crippen LogP contribution < -0.4 is 9.47 Å². The van der Waals surface area contributed by atoms with Gasteiger partial charge in [0.05, 0.1) is 17.4 Å². The van der Waals surface area contributed by atoms with Crippen LogP contribution in [-0.2, 0) is 0 Å². The van der Waals surface area contributed by atoms with Crippen LogP contribution >= 0.6 is 0 Å². The van der Waals surface area contributed by atoms with E-state index in [1.165, 1.54) is 0 Å². The van der Waals surface area contributed by atoms with Crippen LogP contribution in [0, 0.1) is 0 Å². The lowest BCUT2D eigenvalue weighted by molar-refractivity contribution is 0.0736. The van der Waals surface area contributed by atoms with Crippen LogP contribution in [0.3, 0.4) is 0 Å². The maximum absolute atomic E-state index is 12.5. The molecule has 0 amide bonds. The third-order valence-electron chi connectivity index (χ3n) is 4.26. The fourth-order valence-corrected chi connectivity index (χ4v) is 2.75. The molecule has 1 aromatic heterocycles. The number of fused-ring (bicyclic) bond motifs is 1. The van der Waals surface area contributed by atoms with Gasteiger partial charge in [0.1, 0.15) is 23.6 Å². The van der Waals surface area contributed by atoms with E-state index in [9.17, 15) is 4.79 Å². The largest absolute Gasteiger partial charge is 0.492 e. The minimum Gasteiger partial charge on any atom is -0.492 e. The Morgan fingerprint density at radius 1 is 1.12 bits per heavy atom. The second-order valence-electron chi connectivity index (χ2n) is 5.84. The van der Waals surface area contributed by atoms with E-state index in [1.54, 1.807) is 30.6 Å². The highest BCUT2D eigenvalue weighted by molar-refractivity contribution is 6.02. The molecule has 0 saturated heterocycles. The first-order chi connectivity index (χ1) is 12.7. The van der Waals surface area contributed by atoms with E-state index >= 15 is 0 Å². The Bertz CT molecular complexity index is 871. The molecule has 0 unspecified atom stereocenters. The summed E-state index contributed by atoms with van der Waals surface area (Å²) in [5.74, 6) is 0.686. The highest BCUT2D eigenvalue weighted by atomic mass is 16.5. The van der Waals surface area contributed by atoms with Gasteiger partial charge in [-0.3, -0.25) is 0 Å². The maximum atomic E-state index is 12.5. The van der Waals surface area contributed by atoms with Gasteiger partial charge in [-0.25, -0.2) is 9.78 Å². The number of para-hydroxylation sites is 1. The molecule has 3 rings (SSSR count). The number of nitrogens with zero attached hydrogens (tertiary/aromatic N) is 2. The summed E-state index contributed by atoms with van der Waals surface area (Å²) in [6.07, 6.45) is 1.56. The van der Waals surface area contributed by atoms with Gasteiger partial charge in [-0.1, -0.05) is 26.0 Å². The molecule has 0 aliphatic heterocycles. The summed E-state index contributed by atoms with van der Waals surface area (Å²) >= 11 is 0. The van der Waals surface area contributed by atoms with Crippen LogP contribution in [-0.4, -0.2) is 47.1 Å². The zero-order valence-electron chi connectivity index (χ0n) is 15.1. The van der Waals surface area contributed by atoms with Crippen molar-refractivity contribution < 1.29 is 14.3 Å². The molecule has 0 atom stereocenters. The molecule has 0 aliphatic rings. The Morgan fingerprint density at radius 2 is 1.88 bits per heavy atom. The predicted octanol–water partition coefficient (Wildman–Crippen LogP) is 3.50. The summed E-state index contributed by atoms with van der Waals surface area (Å²) in [5.41, 5.74) is 1.83. The predicted molar refractivity (Wildman–Crippen MR) is 101 cm³/mol. The van der Waals surface area contributed by atoms with Gasteiger partial charge in [-0.15, -0.1) is 0 Å². The molecule has 0 aliphatic carbocycles. The molecule has 6 nitrogen and oxygen atoms in total. The SMILES string of the molecule is CCN(CC)CCOc1cccc(OC(=O)c2cccc3[nH]cnc23)c1. The van der Waals surface area contributed by atoms with E-state index in [1.807, 2.05) is 18.2 Å². The van der Waals surface area contributed by atoms with E-state index in [2.05, 4.69) is 28.7 Å². The number of H-pyrrole nitrogens is 1. The lowest BCUT2D eigenvalue weighted by atomic mass is 10.2. The molecule has 0 radical (unpaired) electrons.